The quantitative estimate of drug-likeness (QED) is 0.324. The summed E-state index contributed by atoms with van der Waals surface area (Å²) in [5.74, 6) is -0.782. The third kappa shape index (κ3) is 7.83. The van der Waals surface area contributed by atoms with Crippen LogP contribution in [0.25, 0.3) is 0 Å². The lowest BCUT2D eigenvalue weighted by atomic mass is 10.1. The Balaban J connectivity index is 1.98. The molecular formula is C30H36ClN3O4S. The Kier molecular flexibility index (Phi) is 10.5. The molecule has 3 aromatic rings. The predicted octanol–water partition coefficient (Wildman–Crippen LogP) is 5.22. The van der Waals surface area contributed by atoms with Crippen LogP contribution >= 0.6 is 11.6 Å². The molecule has 0 aliphatic heterocycles. The van der Waals surface area contributed by atoms with Gasteiger partial charge >= 0.3 is 0 Å². The van der Waals surface area contributed by atoms with Gasteiger partial charge in [-0.2, -0.15) is 0 Å². The fourth-order valence-corrected chi connectivity index (χ4v) is 5.62. The largest absolute Gasteiger partial charge is 0.352 e. The van der Waals surface area contributed by atoms with Gasteiger partial charge in [0.1, 0.15) is 12.6 Å². The van der Waals surface area contributed by atoms with Crippen LogP contribution in [0.3, 0.4) is 0 Å². The minimum Gasteiger partial charge on any atom is -0.352 e. The number of aryl methyl sites for hydroxylation is 1. The number of hydrogen-bond donors (Lipinski definition) is 1. The molecule has 0 spiro atoms. The molecule has 2 atom stereocenters. The highest BCUT2D eigenvalue weighted by Gasteiger charge is 2.32. The molecule has 1 N–H and O–H groups in total. The second-order valence-electron chi connectivity index (χ2n) is 9.57. The van der Waals surface area contributed by atoms with Crippen molar-refractivity contribution in [2.75, 3.05) is 17.4 Å². The molecule has 208 valence electrons. The number of rotatable bonds is 12. The van der Waals surface area contributed by atoms with Crippen molar-refractivity contribution in [3.8, 4) is 0 Å². The summed E-state index contributed by atoms with van der Waals surface area (Å²) in [5.41, 5.74) is 2.05. The van der Waals surface area contributed by atoms with Gasteiger partial charge in [0.2, 0.25) is 11.8 Å². The lowest BCUT2D eigenvalue weighted by Crippen LogP contribution is -2.53. The number of sulfonamides is 1. The molecule has 0 unspecified atom stereocenters. The van der Waals surface area contributed by atoms with Crippen molar-refractivity contribution in [3.05, 3.63) is 95.0 Å². The molecule has 0 bridgehead atoms. The minimum atomic E-state index is -4.12. The number of amides is 2. The molecular weight excluding hydrogens is 534 g/mol. The maximum absolute atomic E-state index is 13.9. The molecule has 3 rings (SSSR count). The van der Waals surface area contributed by atoms with Crippen LogP contribution in [0.15, 0.2) is 83.8 Å². The van der Waals surface area contributed by atoms with Crippen LogP contribution in [0.5, 0.6) is 0 Å². The molecule has 2 amide bonds. The summed E-state index contributed by atoms with van der Waals surface area (Å²) in [6.45, 7) is 7.09. The maximum atomic E-state index is 13.9. The molecule has 0 radical (unpaired) electrons. The number of carbonyl (C=O) groups is 2. The number of benzene rings is 3. The van der Waals surface area contributed by atoms with Gasteiger partial charge in [0, 0.05) is 17.6 Å². The van der Waals surface area contributed by atoms with Crippen LogP contribution in [0.1, 0.15) is 38.3 Å². The number of nitrogens with one attached hydrogen (secondary N) is 1. The number of halogens is 1. The monoisotopic (exact) mass is 569 g/mol. The van der Waals surface area contributed by atoms with E-state index < -0.39 is 28.5 Å². The highest BCUT2D eigenvalue weighted by Crippen LogP contribution is 2.28. The molecule has 7 nitrogen and oxygen atoms in total. The second-order valence-corrected chi connectivity index (χ2v) is 11.8. The highest BCUT2D eigenvalue weighted by molar-refractivity contribution is 7.92. The van der Waals surface area contributed by atoms with Crippen LogP contribution in [0.4, 0.5) is 5.69 Å². The van der Waals surface area contributed by atoms with E-state index >= 15 is 0 Å². The fourth-order valence-electron chi connectivity index (χ4n) is 4.02. The van der Waals surface area contributed by atoms with Crippen molar-refractivity contribution in [3.63, 3.8) is 0 Å². The zero-order valence-electron chi connectivity index (χ0n) is 22.8. The lowest BCUT2D eigenvalue weighted by molar-refractivity contribution is -0.139. The van der Waals surface area contributed by atoms with Crippen LogP contribution in [-0.4, -0.2) is 50.3 Å². The summed E-state index contributed by atoms with van der Waals surface area (Å²) >= 11 is 6.36. The van der Waals surface area contributed by atoms with Crippen molar-refractivity contribution in [2.24, 2.45) is 0 Å². The summed E-state index contributed by atoms with van der Waals surface area (Å²) in [5, 5.41) is 3.32. The van der Waals surface area contributed by atoms with E-state index in [9.17, 15) is 18.0 Å². The van der Waals surface area contributed by atoms with Crippen LogP contribution in [0, 0.1) is 6.92 Å². The maximum Gasteiger partial charge on any atom is 0.264 e. The van der Waals surface area contributed by atoms with E-state index in [1.165, 1.54) is 23.1 Å². The topological polar surface area (TPSA) is 86.8 Å². The van der Waals surface area contributed by atoms with Crippen molar-refractivity contribution < 1.29 is 18.0 Å². The average Bonchev–Trinajstić information content (AvgIpc) is 2.94. The van der Waals surface area contributed by atoms with Gasteiger partial charge in [-0.05, 0) is 69.0 Å². The van der Waals surface area contributed by atoms with E-state index in [1.807, 2.05) is 51.1 Å². The normalized spacial score (nSPS) is 12.8. The van der Waals surface area contributed by atoms with Crippen molar-refractivity contribution in [2.45, 2.75) is 57.5 Å². The van der Waals surface area contributed by atoms with E-state index in [0.717, 1.165) is 21.9 Å². The Morgan fingerprint density at radius 3 is 2.15 bits per heavy atom. The van der Waals surface area contributed by atoms with Gasteiger partial charge in [0.15, 0.2) is 0 Å². The van der Waals surface area contributed by atoms with E-state index in [4.69, 9.17) is 11.6 Å². The van der Waals surface area contributed by atoms with E-state index in [0.29, 0.717) is 11.4 Å². The summed E-state index contributed by atoms with van der Waals surface area (Å²) in [4.78, 5) is 28.5. The van der Waals surface area contributed by atoms with Crippen LogP contribution < -0.4 is 9.62 Å². The Hall–Kier alpha value is -3.36. The molecule has 0 aromatic heterocycles. The van der Waals surface area contributed by atoms with Gasteiger partial charge in [-0.3, -0.25) is 13.9 Å². The Morgan fingerprint density at radius 2 is 1.56 bits per heavy atom. The van der Waals surface area contributed by atoms with Crippen LogP contribution in [-0.2, 0) is 26.0 Å². The van der Waals surface area contributed by atoms with E-state index in [1.54, 1.807) is 37.3 Å². The summed E-state index contributed by atoms with van der Waals surface area (Å²) in [6, 6.07) is 21.6. The molecule has 0 fully saturated rings. The number of nitrogens with zero attached hydrogens (tertiary/aromatic N) is 2. The first-order valence-electron chi connectivity index (χ1n) is 13.0. The molecule has 9 heteroatoms. The average molecular weight is 570 g/mol. The van der Waals surface area contributed by atoms with Gasteiger partial charge in [-0.1, -0.05) is 73.1 Å². The SMILES string of the molecule is CC[C@@H](C)NC(=O)[C@H](C)N(CCc1ccccc1)C(=O)CN(c1ccc(C)c(Cl)c1)S(=O)(=O)c1ccccc1. The van der Waals surface area contributed by atoms with Crippen molar-refractivity contribution >= 4 is 39.1 Å². The molecule has 0 aliphatic rings. The zero-order valence-corrected chi connectivity index (χ0v) is 24.4. The predicted molar refractivity (Wildman–Crippen MR) is 156 cm³/mol. The highest BCUT2D eigenvalue weighted by atomic mass is 35.5. The van der Waals surface area contributed by atoms with Gasteiger partial charge in [-0.15, -0.1) is 0 Å². The van der Waals surface area contributed by atoms with Crippen LogP contribution in [0.2, 0.25) is 5.02 Å². The fraction of sp³-hybridized carbons (Fsp3) is 0.333. The summed E-state index contributed by atoms with van der Waals surface area (Å²) in [6.07, 6.45) is 1.25. The second kappa shape index (κ2) is 13.6. The van der Waals surface area contributed by atoms with Gasteiger partial charge in [-0.25, -0.2) is 8.42 Å². The first-order valence-corrected chi connectivity index (χ1v) is 14.8. The van der Waals surface area contributed by atoms with E-state index in [-0.39, 0.29) is 29.1 Å². The number of hydrogen-bond acceptors (Lipinski definition) is 4. The van der Waals surface area contributed by atoms with Gasteiger partial charge < -0.3 is 10.2 Å². The number of anilines is 1. The first-order chi connectivity index (χ1) is 18.5. The molecule has 0 heterocycles. The number of carbonyl (C=O) groups excluding carboxylic acids is 2. The smallest absolute Gasteiger partial charge is 0.264 e. The third-order valence-electron chi connectivity index (χ3n) is 6.71. The Morgan fingerprint density at radius 1 is 0.949 bits per heavy atom. The molecule has 0 aliphatic carbocycles. The molecule has 0 saturated carbocycles. The molecule has 39 heavy (non-hydrogen) atoms. The molecule has 3 aromatic carbocycles. The summed E-state index contributed by atoms with van der Waals surface area (Å²) < 4.78 is 28.6. The Labute approximate surface area is 236 Å². The van der Waals surface area contributed by atoms with Gasteiger partial charge in [0.05, 0.1) is 10.6 Å². The third-order valence-corrected chi connectivity index (χ3v) is 8.90. The summed E-state index contributed by atoms with van der Waals surface area (Å²) in [7, 11) is -4.12. The first kappa shape index (κ1) is 30.2. The standard InChI is InChI=1S/C30H36ClN3O4S/c1-5-23(3)32-30(36)24(4)33(19-18-25-12-8-6-9-13-25)29(35)21-34(26-17-16-22(2)28(31)20-26)39(37,38)27-14-10-7-11-15-27/h6-17,20,23-24H,5,18-19,21H2,1-4H3,(H,32,36)/t23-,24+/m1/s1. The van der Waals surface area contributed by atoms with Gasteiger partial charge in [0.25, 0.3) is 10.0 Å². The van der Waals surface area contributed by atoms with Crippen molar-refractivity contribution in [1.82, 2.24) is 10.2 Å². The van der Waals surface area contributed by atoms with E-state index in [2.05, 4.69) is 5.32 Å². The Bertz CT molecular complexity index is 1370. The van der Waals surface area contributed by atoms with Crippen molar-refractivity contribution in [1.29, 1.82) is 0 Å². The lowest BCUT2D eigenvalue weighted by Gasteiger charge is -2.32. The molecule has 0 saturated heterocycles. The zero-order chi connectivity index (χ0) is 28.6. The minimum absolute atomic E-state index is 0.0490.